The average Bonchev–Trinajstić information content (AvgIpc) is 2.39. The summed E-state index contributed by atoms with van der Waals surface area (Å²) >= 11 is 4.40. The Labute approximate surface area is 106 Å². The van der Waals surface area contributed by atoms with Gasteiger partial charge in [0.05, 0.1) is 0 Å². The highest BCUT2D eigenvalue weighted by atomic mass is 32.1. The Balaban J connectivity index is 1.75. The maximum atomic E-state index is 4.40. The van der Waals surface area contributed by atoms with Crippen LogP contribution in [0, 0.1) is 0 Å². The van der Waals surface area contributed by atoms with Gasteiger partial charge in [-0.05, 0) is 58.8 Å². The molecule has 16 heavy (non-hydrogen) atoms. The summed E-state index contributed by atoms with van der Waals surface area (Å²) in [7, 11) is 0. The van der Waals surface area contributed by atoms with E-state index in [2.05, 4.69) is 29.4 Å². The number of thiol groups is 1. The smallest absolute Gasteiger partial charge is 0.0155 e. The first-order chi connectivity index (χ1) is 7.81. The third kappa shape index (κ3) is 3.14. The fourth-order valence-corrected chi connectivity index (χ4v) is 3.32. The van der Waals surface area contributed by atoms with Crippen molar-refractivity contribution in [1.29, 1.82) is 0 Å². The highest BCUT2D eigenvalue weighted by Gasteiger charge is 2.26. The van der Waals surface area contributed by atoms with E-state index >= 15 is 0 Å². The Bertz CT molecular complexity index is 196. The molecule has 0 radical (unpaired) electrons. The molecular weight excluding hydrogens is 216 g/mol. The van der Waals surface area contributed by atoms with E-state index in [4.69, 9.17) is 0 Å². The van der Waals surface area contributed by atoms with E-state index < -0.39 is 0 Å². The molecule has 2 fully saturated rings. The summed E-state index contributed by atoms with van der Waals surface area (Å²) in [6.45, 7) is 7.57. The van der Waals surface area contributed by atoms with E-state index in [9.17, 15) is 0 Å². The average molecular weight is 242 g/mol. The van der Waals surface area contributed by atoms with Crippen LogP contribution in [-0.4, -0.2) is 53.8 Å². The first-order valence-corrected chi connectivity index (χ1v) is 7.53. The van der Waals surface area contributed by atoms with E-state index in [1.54, 1.807) is 0 Å². The van der Waals surface area contributed by atoms with Gasteiger partial charge in [0.1, 0.15) is 0 Å². The highest BCUT2D eigenvalue weighted by molar-refractivity contribution is 7.80. The Kier molecular flexibility index (Phi) is 4.98. The summed E-state index contributed by atoms with van der Waals surface area (Å²) < 4.78 is 0. The zero-order valence-electron chi connectivity index (χ0n) is 10.6. The lowest BCUT2D eigenvalue weighted by Crippen LogP contribution is -2.49. The van der Waals surface area contributed by atoms with Crippen LogP contribution < -0.4 is 0 Å². The van der Waals surface area contributed by atoms with Crippen LogP contribution in [0.5, 0.6) is 0 Å². The second kappa shape index (κ2) is 6.27. The zero-order valence-corrected chi connectivity index (χ0v) is 11.5. The van der Waals surface area contributed by atoms with Crippen molar-refractivity contribution in [2.45, 2.75) is 51.1 Å². The minimum atomic E-state index is 0.658. The predicted octanol–water partition coefficient (Wildman–Crippen LogP) is 2.26. The molecule has 2 saturated heterocycles. The molecule has 0 aromatic carbocycles. The summed E-state index contributed by atoms with van der Waals surface area (Å²) in [5.74, 6) is 0.994. The molecule has 2 aliphatic rings. The third-order valence-corrected chi connectivity index (χ3v) is 4.82. The lowest BCUT2D eigenvalue weighted by molar-refractivity contribution is 0.0805. The fraction of sp³-hybridized carbons (Fsp3) is 1.00. The van der Waals surface area contributed by atoms with Crippen molar-refractivity contribution in [3.05, 3.63) is 0 Å². The molecule has 2 heterocycles. The molecule has 0 N–H and O–H groups in total. The summed E-state index contributed by atoms with van der Waals surface area (Å²) in [6, 6.07) is 1.54. The van der Waals surface area contributed by atoms with Gasteiger partial charge in [0, 0.05) is 17.8 Å². The number of rotatable bonds is 3. The molecule has 2 nitrogen and oxygen atoms in total. The van der Waals surface area contributed by atoms with E-state index in [-0.39, 0.29) is 0 Å². The molecule has 0 spiro atoms. The maximum Gasteiger partial charge on any atom is 0.0155 e. The van der Waals surface area contributed by atoms with Crippen LogP contribution in [0.15, 0.2) is 0 Å². The molecule has 0 amide bonds. The normalized spacial score (nSPS) is 28.1. The quantitative estimate of drug-likeness (QED) is 0.759. The van der Waals surface area contributed by atoms with Gasteiger partial charge in [0.25, 0.3) is 0 Å². The second-order valence-electron chi connectivity index (χ2n) is 5.40. The highest BCUT2D eigenvalue weighted by Crippen LogP contribution is 2.21. The van der Waals surface area contributed by atoms with E-state index in [1.165, 1.54) is 58.3 Å². The Morgan fingerprint density at radius 2 is 1.69 bits per heavy atom. The van der Waals surface area contributed by atoms with Crippen molar-refractivity contribution < 1.29 is 0 Å². The predicted molar refractivity (Wildman–Crippen MR) is 73.3 cm³/mol. The van der Waals surface area contributed by atoms with Crippen LogP contribution >= 0.6 is 12.6 Å². The molecule has 0 aromatic heterocycles. The summed E-state index contributed by atoms with van der Waals surface area (Å²) in [5, 5.41) is 0. The molecular formula is C13H26N2S. The summed E-state index contributed by atoms with van der Waals surface area (Å²) in [5.41, 5.74) is 0. The van der Waals surface area contributed by atoms with Crippen LogP contribution in [0.4, 0.5) is 0 Å². The number of nitrogens with zero attached hydrogens (tertiary/aromatic N) is 2. The molecule has 2 aliphatic heterocycles. The van der Waals surface area contributed by atoms with Gasteiger partial charge in [-0.25, -0.2) is 0 Å². The standard InChI is InChI=1S/C13H26N2S/c1-12(11-16)14-9-5-13(6-10-14)15-7-3-2-4-8-15/h12-13,16H,2-11H2,1H3. The van der Waals surface area contributed by atoms with E-state index in [0.717, 1.165) is 11.8 Å². The van der Waals surface area contributed by atoms with Gasteiger partial charge in [0.15, 0.2) is 0 Å². The molecule has 0 aliphatic carbocycles. The molecule has 0 saturated carbocycles. The van der Waals surface area contributed by atoms with Crippen molar-refractivity contribution >= 4 is 12.6 Å². The van der Waals surface area contributed by atoms with Crippen LogP contribution in [0.25, 0.3) is 0 Å². The molecule has 94 valence electrons. The Morgan fingerprint density at radius 1 is 1.06 bits per heavy atom. The first kappa shape index (κ1) is 12.7. The van der Waals surface area contributed by atoms with Gasteiger partial charge in [0.2, 0.25) is 0 Å². The lowest BCUT2D eigenvalue weighted by atomic mass is 9.99. The monoisotopic (exact) mass is 242 g/mol. The van der Waals surface area contributed by atoms with Gasteiger partial charge in [-0.3, -0.25) is 4.90 Å². The maximum absolute atomic E-state index is 4.40. The second-order valence-corrected chi connectivity index (χ2v) is 5.76. The number of likely N-dealkylation sites (tertiary alicyclic amines) is 2. The van der Waals surface area contributed by atoms with Crippen molar-refractivity contribution in [3.8, 4) is 0 Å². The minimum Gasteiger partial charge on any atom is -0.300 e. The molecule has 2 rings (SSSR count). The summed E-state index contributed by atoms with van der Waals surface area (Å²) in [4.78, 5) is 5.35. The number of hydrogen-bond donors (Lipinski definition) is 1. The SMILES string of the molecule is CC(CS)N1CCC(N2CCCCC2)CC1. The number of hydrogen-bond acceptors (Lipinski definition) is 3. The topological polar surface area (TPSA) is 6.48 Å². The minimum absolute atomic E-state index is 0.658. The molecule has 0 aromatic rings. The van der Waals surface area contributed by atoms with Gasteiger partial charge in [-0.2, -0.15) is 12.6 Å². The molecule has 0 bridgehead atoms. The largest absolute Gasteiger partial charge is 0.300 e. The molecule has 1 unspecified atom stereocenters. The van der Waals surface area contributed by atoms with Gasteiger partial charge >= 0.3 is 0 Å². The Morgan fingerprint density at radius 3 is 2.25 bits per heavy atom. The Hall–Kier alpha value is 0.270. The zero-order chi connectivity index (χ0) is 11.4. The van der Waals surface area contributed by atoms with Crippen molar-refractivity contribution in [2.24, 2.45) is 0 Å². The lowest BCUT2D eigenvalue weighted by Gasteiger charge is -2.41. The fourth-order valence-electron chi connectivity index (χ4n) is 3.09. The van der Waals surface area contributed by atoms with E-state index in [0.29, 0.717) is 6.04 Å². The van der Waals surface area contributed by atoms with Crippen LogP contribution in [0.1, 0.15) is 39.0 Å². The summed E-state index contributed by atoms with van der Waals surface area (Å²) in [6.07, 6.45) is 7.04. The first-order valence-electron chi connectivity index (χ1n) is 6.90. The molecule has 3 heteroatoms. The van der Waals surface area contributed by atoms with E-state index in [1.807, 2.05) is 0 Å². The van der Waals surface area contributed by atoms with Crippen molar-refractivity contribution in [3.63, 3.8) is 0 Å². The van der Waals surface area contributed by atoms with Crippen LogP contribution in [0.2, 0.25) is 0 Å². The van der Waals surface area contributed by atoms with Crippen LogP contribution in [-0.2, 0) is 0 Å². The molecule has 1 atom stereocenters. The van der Waals surface area contributed by atoms with Gasteiger partial charge < -0.3 is 4.90 Å². The van der Waals surface area contributed by atoms with Crippen molar-refractivity contribution in [1.82, 2.24) is 9.80 Å². The third-order valence-electron chi connectivity index (χ3n) is 4.29. The van der Waals surface area contributed by atoms with Crippen molar-refractivity contribution in [2.75, 3.05) is 31.9 Å². The van der Waals surface area contributed by atoms with Gasteiger partial charge in [-0.1, -0.05) is 6.42 Å². The number of piperidine rings is 2. The van der Waals surface area contributed by atoms with Crippen LogP contribution in [0.3, 0.4) is 0 Å². The van der Waals surface area contributed by atoms with Gasteiger partial charge in [-0.15, -0.1) is 0 Å².